The average molecular weight is 460 g/mol. The summed E-state index contributed by atoms with van der Waals surface area (Å²) in [4.78, 5) is 24.6. The van der Waals surface area contributed by atoms with Gasteiger partial charge in [0, 0.05) is 16.7 Å². The molecular formula is C18H26BrN3O4S. The molecule has 1 saturated heterocycles. The van der Waals surface area contributed by atoms with Gasteiger partial charge in [-0.1, -0.05) is 29.3 Å². The summed E-state index contributed by atoms with van der Waals surface area (Å²) in [5.41, 5.74) is 1.62. The van der Waals surface area contributed by atoms with Gasteiger partial charge in [-0.25, -0.2) is 8.42 Å². The standard InChI is InChI=1S/C18H26BrN3O4S/c1-3-10-27(25,26)22-9-5-4-6-16(22)18(24)20-12-17(23)21-14-7-8-15(19)13(2)11-14/h7-8,11,16H,3-6,9-10,12H2,1-2H3,(H,20,24)(H,21,23). The highest BCUT2D eigenvalue weighted by molar-refractivity contribution is 9.10. The molecule has 2 amide bonds. The van der Waals surface area contributed by atoms with E-state index in [1.165, 1.54) is 4.31 Å². The number of carbonyl (C=O) groups excluding carboxylic acids is 2. The zero-order valence-electron chi connectivity index (χ0n) is 15.6. The highest BCUT2D eigenvalue weighted by Gasteiger charge is 2.36. The molecule has 1 aromatic carbocycles. The molecule has 1 atom stereocenters. The van der Waals surface area contributed by atoms with Crippen molar-refractivity contribution in [2.24, 2.45) is 0 Å². The van der Waals surface area contributed by atoms with Gasteiger partial charge in [0.05, 0.1) is 12.3 Å². The van der Waals surface area contributed by atoms with Crippen LogP contribution in [0.4, 0.5) is 5.69 Å². The van der Waals surface area contributed by atoms with Crippen molar-refractivity contribution in [1.82, 2.24) is 9.62 Å². The normalized spacial score (nSPS) is 18.1. The van der Waals surface area contributed by atoms with Crippen LogP contribution in [0.25, 0.3) is 0 Å². The Morgan fingerprint density at radius 3 is 2.70 bits per heavy atom. The molecule has 0 aliphatic carbocycles. The summed E-state index contributed by atoms with van der Waals surface area (Å²) < 4.78 is 27.0. The first-order chi connectivity index (χ1) is 12.7. The third kappa shape index (κ3) is 6.02. The summed E-state index contributed by atoms with van der Waals surface area (Å²) in [6, 6.07) is 4.68. The summed E-state index contributed by atoms with van der Waals surface area (Å²) in [6.45, 7) is 3.86. The van der Waals surface area contributed by atoms with Crippen LogP contribution in [0.15, 0.2) is 22.7 Å². The van der Waals surface area contributed by atoms with Crippen LogP contribution >= 0.6 is 15.9 Å². The minimum atomic E-state index is -3.46. The Kier molecular flexibility index (Phi) is 7.81. The molecule has 2 rings (SSSR count). The molecule has 1 heterocycles. The molecule has 0 aromatic heterocycles. The smallest absolute Gasteiger partial charge is 0.243 e. The molecular weight excluding hydrogens is 434 g/mol. The van der Waals surface area contributed by atoms with Gasteiger partial charge >= 0.3 is 0 Å². The fourth-order valence-corrected chi connectivity index (χ4v) is 5.08. The van der Waals surface area contributed by atoms with Crippen molar-refractivity contribution >= 4 is 43.5 Å². The predicted molar refractivity (Wildman–Crippen MR) is 109 cm³/mol. The minimum Gasteiger partial charge on any atom is -0.346 e. The van der Waals surface area contributed by atoms with Crippen molar-refractivity contribution in [2.75, 3.05) is 24.2 Å². The topological polar surface area (TPSA) is 95.6 Å². The molecule has 0 bridgehead atoms. The van der Waals surface area contributed by atoms with E-state index in [0.29, 0.717) is 25.1 Å². The van der Waals surface area contributed by atoms with Crippen LogP contribution in [0.1, 0.15) is 38.2 Å². The van der Waals surface area contributed by atoms with Gasteiger partial charge in [-0.15, -0.1) is 0 Å². The summed E-state index contributed by atoms with van der Waals surface area (Å²) in [5.74, 6) is -0.749. The quantitative estimate of drug-likeness (QED) is 0.654. The van der Waals surface area contributed by atoms with E-state index in [1.54, 1.807) is 13.0 Å². The van der Waals surface area contributed by atoms with Gasteiger partial charge in [0.25, 0.3) is 0 Å². The average Bonchev–Trinajstić information content (AvgIpc) is 2.63. The zero-order chi connectivity index (χ0) is 20.0. The summed E-state index contributed by atoms with van der Waals surface area (Å²) >= 11 is 3.40. The van der Waals surface area contributed by atoms with E-state index in [9.17, 15) is 18.0 Å². The number of nitrogens with one attached hydrogen (secondary N) is 2. The van der Waals surface area contributed by atoms with Crippen LogP contribution in [0.2, 0.25) is 0 Å². The number of carbonyl (C=O) groups is 2. The molecule has 0 spiro atoms. The second-order valence-corrected chi connectivity index (χ2v) is 9.56. The Labute approximate surface area is 169 Å². The van der Waals surface area contributed by atoms with Gasteiger partial charge in [-0.3, -0.25) is 9.59 Å². The van der Waals surface area contributed by atoms with E-state index < -0.39 is 22.0 Å². The molecule has 0 saturated carbocycles. The lowest BCUT2D eigenvalue weighted by atomic mass is 10.0. The second-order valence-electron chi connectivity index (χ2n) is 6.67. The number of nitrogens with zero attached hydrogens (tertiary/aromatic N) is 1. The van der Waals surface area contributed by atoms with Crippen molar-refractivity contribution < 1.29 is 18.0 Å². The molecule has 9 heteroatoms. The maximum Gasteiger partial charge on any atom is 0.243 e. The van der Waals surface area contributed by atoms with Crippen LogP contribution in [0.5, 0.6) is 0 Å². The van der Waals surface area contributed by atoms with Gasteiger partial charge < -0.3 is 10.6 Å². The van der Waals surface area contributed by atoms with E-state index in [2.05, 4.69) is 26.6 Å². The number of hydrogen-bond acceptors (Lipinski definition) is 4. The third-order valence-electron chi connectivity index (χ3n) is 4.44. The number of benzene rings is 1. The number of aryl methyl sites for hydroxylation is 1. The predicted octanol–water partition coefficient (Wildman–Crippen LogP) is 2.41. The van der Waals surface area contributed by atoms with E-state index in [1.807, 2.05) is 19.1 Å². The summed E-state index contributed by atoms with van der Waals surface area (Å²) in [7, 11) is -3.46. The first kappa shape index (κ1) is 21.8. The van der Waals surface area contributed by atoms with E-state index >= 15 is 0 Å². The molecule has 1 aromatic rings. The van der Waals surface area contributed by atoms with Crippen LogP contribution in [0.3, 0.4) is 0 Å². The molecule has 1 unspecified atom stereocenters. The Morgan fingerprint density at radius 2 is 2.04 bits per heavy atom. The monoisotopic (exact) mass is 459 g/mol. The molecule has 1 aliphatic heterocycles. The number of piperidine rings is 1. The van der Waals surface area contributed by atoms with Crippen molar-refractivity contribution in [1.29, 1.82) is 0 Å². The van der Waals surface area contributed by atoms with Crippen LogP contribution in [0, 0.1) is 6.92 Å². The molecule has 27 heavy (non-hydrogen) atoms. The van der Waals surface area contributed by atoms with Gasteiger partial charge in [0.2, 0.25) is 21.8 Å². The maximum absolute atomic E-state index is 12.5. The lowest BCUT2D eigenvalue weighted by molar-refractivity contribution is -0.127. The molecule has 2 N–H and O–H groups in total. The van der Waals surface area contributed by atoms with Gasteiger partial charge in [-0.2, -0.15) is 4.31 Å². The largest absolute Gasteiger partial charge is 0.346 e. The molecule has 1 fully saturated rings. The minimum absolute atomic E-state index is 0.0280. The second kappa shape index (κ2) is 9.66. The molecule has 0 radical (unpaired) electrons. The van der Waals surface area contributed by atoms with Crippen LogP contribution in [-0.2, 0) is 19.6 Å². The van der Waals surface area contributed by atoms with E-state index in [-0.39, 0.29) is 18.2 Å². The third-order valence-corrected chi connectivity index (χ3v) is 7.41. The Balaban J connectivity index is 1.94. The number of anilines is 1. The SMILES string of the molecule is CCCS(=O)(=O)N1CCCCC1C(=O)NCC(=O)Nc1ccc(Br)c(C)c1. The van der Waals surface area contributed by atoms with Crippen LogP contribution in [-0.4, -0.2) is 49.4 Å². The van der Waals surface area contributed by atoms with Gasteiger partial charge in [-0.05, 0) is 49.9 Å². The summed E-state index contributed by atoms with van der Waals surface area (Å²) in [6.07, 6.45) is 2.52. The lowest BCUT2D eigenvalue weighted by Crippen LogP contribution is -2.53. The first-order valence-electron chi connectivity index (χ1n) is 9.08. The molecule has 150 valence electrons. The van der Waals surface area contributed by atoms with E-state index in [4.69, 9.17) is 0 Å². The fourth-order valence-electron chi connectivity index (χ4n) is 3.09. The van der Waals surface area contributed by atoms with Crippen molar-refractivity contribution in [3.63, 3.8) is 0 Å². The number of amides is 2. The Morgan fingerprint density at radius 1 is 1.30 bits per heavy atom. The zero-order valence-corrected chi connectivity index (χ0v) is 18.0. The molecule has 7 nitrogen and oxygen atoms in total. The van der Waals surface area contributed by atoms with Crippen molar-refractivity contribution in [3.8, 4) is 0 Å². The van der Waals surface area contributed by atoms with Crippen molar-refractivity contribution in [2.45, 2.75) is 45.6 Å². The van der Waals surface area contributed by atoms with Gasteiger partial charge in [0.15, 0.2) is 0 Å². The maximum atomic E-state index is 12.5. The highest BCUT2D eigenvalue weighted by Crippen LogP contribution is 2.22. The number of hydrogen-bond donors (Lipinski definition) is 2. The Hall–Kier alpha value is -1.45. The van der Waals surface area contributed by atoms with Gasteiger partial charge in [0.1, 0.15) is 6.04 Å². The number of sulfonamides is 1. The Bertz CT molecular complexity index is 798. The highest BCUT2D eigenvalue weighted by atomic mass is 79.9. The van der Waals surface area contributed by atoms with Crippen LogP contribution < -0.4 is 10.6 Å². The summed E-state index contributed by atoms with van der Waals surface area (Å²) in [5, 5.41) is 5.30. The number of rotatable bonds is 7. The molecule has 1 aliphatic rings. The van der Waals surface area contributed by atoms with E-state index in [0.717, 1.165) is 22.9 Å². The van der Waals surface area contributed by atoms with Crippen molar-refractivity contribution in [3.05, 3.63) is 28.2 Å². The fraction of sp³-hybridized carbons (Fsp3) is 0.556. The lowest BCUT2D eigenvalue weighted by Gasteiger charge is -2.33. The first-order valence-corrected chi connectivity index (χ1v) is 11.5. The number of halogens is 1.